The van der Waals surface area contributed by atoms with Crippen LogP contribution in [0.4, 0.5) is 0 Å². The zero-order chi connectivity index (χ0) is 17.2. The van der Waals surface area contributed by atoms with E-state index in [1.165, 1.54) is 19.3 Å². The van der Waals surface area contributed by atoms with Gasteiger partial charge in [0.15, 0.2) is 0 Å². The molecule has 0 aromatic heterocycles. The molecular weight excluding hydrogens is 288 g/mol. The molecule has 0 aromatic carbocycles. The highest BCUT2D eigenvalue weighted by Crippen LogP contribution is 2.02. The zero-order valence-electron chi connectivity index (χ0n) is 14.4. The van der Waals surface area contributed by atoms with Crippen LogP contribution >= 0.6 is 0 Å². The van der Waals surface area contributed by atoms with E-state index in [1.54, 1.807) is 0 Å². The smallest absolute Gasteiger partial charge is 0.303 e. The lowest BCUT2D eigenvalue weighted by molar-refractivity contribution is -0.137. The van der Waals surface area contributed by atoms with E-state index in [4.69, 9.17) is 5.11 Å². The van der Waals surface area contributed by atoms with E-state index >= 15 is 0 Å². The van der Waals surface area contributed by atoms with Crippen molar-refractivity contribution in [2.24, 2.45) is 0 Å². The van der Waals surface area contributed by atoms with E-state index in [9.17, 15) is 9.90 Å². The lowest BCUT2D eigenvalue weighted by atomic mass is 10.2. The maximum atomic E-state index is 10.3. The standard InChI is InChI=1S/C20H32O3/c1-2-3-4-5-7-10-13-16-19(21)17-14-11-8-6-9-12-15-18-20(22)23/h6-7,9-11,13-14,16,19,21H,2-5,8,12,15,17-18H2,1H3,(H,22,23)/b9-6-,10-7-,14-11-,16-13-. The first-order chi connectivity index (χ1) is 11.2. The molecule has 3 nitrogen and oxygen atoms in total. The predicted octanol–water partition coefficient (Wildman–Crippen LogP) is 5.19. The number of aliphatic hydroxyl groups excluding tert-OH is 1. The maximum Gasteiger partial charge on any atom is 0.303 e. The van der Waals surface area contributed by atoms with Gasteiger partial charge in [0.1, 0.15) is 0 Å². The van der Waals surface area contributed by atoms with Crippen LogP contribution in [-0.4, -0.2) is 22.3 Å². The molecule has 1 atom stereocenters. The summed E-state index contributed by atoms with van der Waals surface area (Å²) in [5.74, 6) is -0.740. The van der Waals surface area contributed by atoms with Gasteiger partial charge in [-0.1, -0.05) is 68.4 Å². The molecule has 0 rings (SSSR count). The first-order valence-electron chi connectivity index (χ1n) is 8.70. The van der Waals surface area contributed by atoms with Gasteiger partial charge in [-0.3, -0.25) is 4.79 Å². The van der Waals surface area contributed by atoms with Crippen molar-refractivity contribution in [3.05, 3.63) is 48.6 Å². The molecule has 0 aliphatic carbocycles. The minimum Gasteiger partial charge on any atom is -0.481 e. The molecule has 0 spiro atoms. The third-order valence-corrected chi connectivity index (χ3v) is 3.30. The third kappa shape index (κ3) is 18.3. The largest absolute Gasteiger partial charge is 0.481 e. The molecule has 0 aromatic rings. The van der Waals surface area contributed by atoms with Gasteiger partial charge in [0, 0.05) is 6.42 Å². The highest BCUT2D eigenvalue weighted by atomic mass is 16.4. The number of aliphatic hydroxyl groups is 1. The number of carbonyl (C=O) groups is 1. The van der Waals surface area contributed by atoms with Crippen molar-refractivity contribution >= 4 is 5.97 Å². The summed E-state index contributed by atoms with van der Waals surface area (Å²) in [6.07, 6.45) is 23.5. The van der Waals surface area contributed by atoms with Crippen LogP contribution in [0.5, 0.6) is 0 Å². The summed E-state index contributed by atoms with van der Waals surface area (Å²) >= 11 is 0. The van der Waals surface area contributed by atoms with Gasteiger partial charge in [0.2, 0.25) is 0 Å². The van der Waals surface area contributed by atoms with E-state index in [0.717, 1.165) is 19.3 Å². The second-order valence-corrected chi connectivity index (χ2v) is 5.58. The first kappa shape index (κ1) is 21.4. The summed E-state index contributed by atoms with van der Waals surface area (Å²) in [6.45, 7) is 2.20. The van der Waals surface area contributed by atoms with Crippen molar-refractivity contribution in [3.63, 3.8) is 0 Å². The predicted molar refractivity (Wildman–Crippen MR) is 97.4 cm³/mol. The highest BCUT2D eigenvalue weighted by Gasteiger charge is 1.93. The fourth-order valence-corrected chi connectivity index (χ4v) is 1.95. The first-order valence-corrected chi connectivity index (χ1v) is 8.70. The number of carboxylic acid groups (broad SMARTS) is 1. The Labute approximate surface area is 141 Å². The molecule has 0 amide bonds. The van der Waals surface area contributed by atoms with Crippen LogP contribution < -0.4 is 0 Å². The van der Waals surface area contributed by atoms with Crippen molar-refractivity contribution in [1.29, 1.82) is 0 Å². The molecule has 0 saturated heterocycles. The average molecular weight is 320 g/mol. The Hall–Kier alpha value is -1.61. The Bertz CT molecular complexity index is 392. The van der Waals surface area contributed by atoms with E-state index in [-0.39, 0.29) is 6.42 Å². The molecule has 0 aliphatic heterocycles. The van der Waals surface area contributed by atoms with Crippen LogP contribution in [0.3, 0.4) is 0 Å². The molecule has 3 heteroatoms. The average Bonchev–Trinajstić information content (AvgIpc) is 2.52. The van der Waals surface area contributed by atoms with E-state index in [2.05, 4.69) is 13.0 Å². The summed E-state index contributed by atoms with van der Waals surface area (Å²) in [6, 6.07) is 0. The molecule has 0 aliphatic rings. The normalized spacial score (nSPS) is 13.8. The third-order valence-electron chi connectivity index (χ3n) is 3.30. The number of unbranched alkanes of at least 4 members (excludes halogenated alkanes) is 4. The summed E-state index contributed by atoms with van der Waals surface area (Å²) < 4.78 is 0. The highest BCUT2D eigenvalue weighted by molar-refractivity contribution is 5.66. The van der Waals surface area contributed by atoms with Gasteiger partial charge in [-0.05, 0) is 38.5 Å². The van der Waals surface area contributed by atoms with Crippen LogP contribution in [-0.2, 0) is 4.79 Å². The monoisotopic (exact) mass is 320 g/mol. The maximum absolute atomic E-state index is 10.3. The molecule has 2 N–H and O–H groups in total. The van der Waals surface area contributed by atoms with Gasteiger partial charge in [0.05, 0.1) is 6.10 Å². The number of hydrogen-bond donors (Lipinski definition) is 2. The summed E-state index contributed by atoms with van der Waals surface area (Å²) in [5, 5.41) is 18.3. The van der Waals surface area contributed by atoms with Crippen molar-refractivity contribution in [2.75, 3.05) is 0 Å². The second kappa shape index (κ2) is 16.8. The van der Waals surface area contributed by atoms with Gasteiger partial charge in [-0.25, -0.2) is 0 Å². The fourth-order valence-electron chi connectivity index (χ4n) is 1.95. The quantitative estimate of drug-likeness (QED) is 0.263. The number of rotatable bonds is 14. The molecule has 0 fully saturated rings. The molecular formula is C20H32O3. The minimum absolute atomic E-state index is 0.228. The fraction of sp³-hybridized carbons (Fsp3) is 0.550. The van der Waals surface area contributed by atoms with E-state index < -0.39 is 12.1 Å². The topological polar surface area (TPSA) is 57.5 Å². The van der Waals surface area contributed by atoms with Crippen LogP contribution in [0.25, 0.3) is 0 Å². The van der Waals surface area contributed by atoms with Crippen molar-refractivity contribution in [2.45, 2.75) is 70.8 Å². The molecule has 0 saturated carbocycles. The molecule has 1 unspecified atom stereocenters. The lowest BCUT2D eigenvalue weighted by Gasteiger charge is -1.98. The molecule has 130 valence electrons. The Kier molecular flexibility index (Phi) is 15.6. The van der Waals surface area contributed by atoms with Gasteiger partial charge in [-0.15, -0.1) is 0 Å². The van der Waals surface area contributed by atoms with E-state index in [0.29, 0.717) is 12.8 Å². The molecule has 23 heavy (non-hydrogen) atoms. The number of carboxylic acids is 1. The Morgan fingerprint density at radius 2 is 1.70 bits per heavy atom. The second-order valence-electron chi connectivity index (χ2n) is 5.58. The van der Waals surface area contributed by atoms with Crippen molar-refractivity contribution in [1.82, 2.24) is 0 Å². The van der Waals surface area contributed by atoms with Gasteiger partial charge < -0.3 is 10.2 Å². The molecule has 0 radical (unpaired) electrons. The number of hydrogen-bond acceptors (Lipinski definition) is 2. The van der Waals surface area contributed by atoms with Crippen molar-refractivity contribution in [3.8, 4) is 0 Å². The van der Waals surface area contributed by atoms with Crippen LogP contribution in [0, 0.1) is 0 Å². The van der Waals surface area contributed by atoms with Gasteiger partial charge >= 0.3 is 5.97 Å². The molecule has 0 heterocycles. The van der Waals surface area contributed by atoms with Crippen molar-refractivity contribution < 1.29 is 15.0 Å². The summed E-state index contributed by atoms with van der Waals surface area (Å²) in [7, 11) is 0. The van der Waals surface area contributed by atoms with Gasteiger partial charge in [0.25, 0.3) is 0 Å². The molecule has 0 bridgehead atoms. The Morgan fingerprint density at radius 1 is 0.957 bits per heavy atom. The van der Waals surface area contributed by atoms with E-state index in [1.807, 2.05) is 42.5 Å². The Balaban J connectivity index is 3.61. The Morgan fingerprint density at radius 3 is 2.43 bits per heavy atom. The summed E-state index contributed by atoms with van der Waals surface area (Å²) in [4.78, 5) is 10.3. The van der Waals surface area contributed by atoms with Crippen LogP contribution in [0.15, 0.2) is 48.6 Å². The van der Waals surface area contributed by atoms with Crippen LogP contribution in [0.1, 0.15) is 64.7 Å². The SMILES string of the molecule is CCCCC/C=C\C=C/C(O)C/C=C\C/C=C\CCCC(=O)O. The zero-order valence-corrected chi connectivity index (χ0v) is 14.4. The van der Waals surface area contributed by atoms with Crippen LogP contribution in [0.2, 0.25) is 0 Å². The van der Waals surface area contributed by atoms with Gasteiger partial charge in [-0.2, -0.15) is 0 Å². The summed E-state index contributed by atoms with van der Waals surface area (Å²) in [5.41, 5.74) is 0. The minimum atomic E-state index is -0.740. The lowest BCUT2D eigenvalue weighted by Crippen LogP contribution is -1.98. The number of aliphatic carboxylic acids is 1. The number of allylic oxidation sites excluding steroid dienone is 6.